The molecule has 0 saturated carbocycles. The fourth-order valence-electron chi connectivity index (χ4n) is 2.86. The minimum Gasteiger partial charge on any atom is -0.364 e. The molecule has 1 amide bonds. The smallest absolute Gasteiger partial charge is 0.229 e. The van der Waals surface area contributed by atoms with Crippen molar-refractivity contribution in [2.45, 2.75) is 13.5 Å². The van der Waals surface area contributed by atoms with Crippen LogP contribution in [0.2, 0.25) is 0 Å². The summed E-state index contributed by atoms with van der Waals surface area (Å²) >= 11 is 1.70. The van der Waals surface area contributed by atoms with Gasteiger partial charge in [-0.15, -0.1) is 11.3 Å². The van der Waals surface area contributed by atoms with Crippen molar-refractivity contribution in [1.29, 1.82) is 0 Å². The molecule has 0 bridgehead atoms. The van der Waals surface area contributed by atoms with E-state index in [0.29, 0.717) is 18.2 Å². The molecule has 6 nitrogen and oxygen atoms in total. The van der Waals surface area contributed by atoms with E-state index in [1.54, 1.807) is 11.3 Å². The Balaban J connectivity index is 1.63. The van der Waals surface area contributed by atoms with Gasteiger partial charge in [-0.2, -0.15) is 4.98 Å². The van der Waals surface area contributed by atoms with Gasteiger partial charge in [0.1, 0.15) is 5.82 Å². The minimum atomic E-state index is -0.112. The number of hydrogen-bond acceptors (Lipinski definition) is 6. The summed E-state index contributed by atoms with van der Waals surface area (Å²) in [6.45, 7) is 2.19. The summed E-state index contributed by atoms with van der Waals surface area (Å²) in [7, 11) is 0. The third-order valence-electron chi connectivity index (χ3n) is 4.05. The van der Waals surface area contributed by atoms with E-state index in [1.807, 2.05) is 54.6 Å². The predicted molar refractivity (Wildman–Crippen MR) is 115 cm³/mol. The van der Waals surface area contributed by atoms with Crippen molar-refractivity contribution >= 4 is 51.3 Å². The maximum absolute atomic E-state index is 11.3. The largest absolute Gasteiger partial charge is 0.364 e. The lowest BCUT2D eigenvalue weighted by molar-refractivity contribution is -0.114. The van der Waals surface area contributed by atoms with Crippen LogP contribution in [0.15, 0.2) is 66.0 Å². The molecule has 0 aliphatic rings. The lowest BCUT2D eigenvalue weighted by Gasteiger charge is -2.12. The first kappa shape index (κ1) is 17.9. The fraction of sp³-hybridized carbons (Fsp3) is 0.0952. The molecule has 0 aliphatic carbocycles. The van der Waals surface area contributed by atoms with Crippen LogP contribution >= 0.6 is 11.3 Å². The van der Waals surface area contributed by atoms with Crippen LogP contribution in [0.3, 0.4) is 0 Å². The zero-order chi connectivity index (χ0) is 19.3. The molecule has 0 aliphatic heterocycles. The number of thiophene rings is 1. The van der Waals surface area contributed by atoms with Gasteiger partial charge in [0.25, 0.3) is 0 Å². The summed E-state index contributed by atoms with van der Waals surface area (Å²) in [5.41, 5.74) is 2.37. The van der Waals surface area contributed by atoms with E-state index in [9.17, 15) is 4.79 Å². The number of rotatable bonds is 6. The molecule has 0 atom stereocenters. The predicted octanol–water partition coefficient (Wildman–Crippen LogP) is 5.01. The van der Waals surface area contributed by atoms with Crippen molar-refractivity contribution in [3.63, 3.8) is 0 Å². The van der Waals surface area contributed by atoms with Crippen molar-refractivity contribution < 1.29 is 4.79 Å². The average Bonchev–Trinajstić information content (AvgIpc) is 3.19. The maximum Gasteiger partial charge on any atom is 0.229 e. The van der Waals surface area contributed by atoms with Crippen LogP contribution in [0.4, 0.5) is 23.1 Å². The number of aromatic nitrogens is 2. The molecule has 3 N–H and O–H groups in total. The zero-order valence-corrected chi connectivity index (χ0v) is 16.1. The van der Waals surface area contributed by atoms with Crippen molar-refractivity contribution in [3.8, 4) is 0 Å². The molecule has 0 fully saturated rings. The van der Waals surface area contributed by atoms with Gasteiger partial charge in [-0.3, -0.25) is 4.79 Å². The number of para-hydroxylation sites is 1. The summed E-state index contributed by atoms with van der Waals surface area (Å²) in [4.78, 5) is 21.8. The molecular weight excluding hydrogens is 370 g/mol. The number of amides is 1. The van der Waals surface area contributed by atoms with Gasteiger partial charge < -0.3 is 16.0 Å². The first-order valence-electron chi connectivity index (χ1n) is 8.85. The normalized spacial score (nSPS) is 10.6. The fourth-order valence-corrected chi connectivity index (χ4v) is 3.50. The number of anilines is 4. The monoisotopic (exact) mass is 389 g/mol. The molecule has 0 radical (unpaired) electrons. The second-order valence-electron chi connectivity index (χ2n) is 6.23. The van der Waals surface area contributed by atoms with E-state index in [0.717, 1.165) is 22.4 Å². The number of nitrogens with zero attached hydrogens (tertiary/aromatic N) is 2. The second kappa shape index (κ2) is 8.06. The molecule has 28 heavy (non-hydrogen) atoms. The van der Waals surface area contributed by atoms with Gasteiger partial charge in [0.2, 0.25) is 11.9 Å². The van der Waals surface area contributed by atoms with Gasteiger partial charge in [-0.05, 0) is 41.8 Å². The Hall–Kier alpha value is -3.45. The minimum absolute atomic E-state index is 0.112. The molecule has 2 aromatic heterocycles. The first-order valence-corrected chi connectivity index (χ1v) is 9.73. The quantitative estimate of drug-likeness (QED) is 0.432. The highest BCUT2D eigenvalue weighted by atomic mass is 32.1. The van der Waals surface area contributed by atoms with Gasteiger partial charge in [-0.25, -0.2) is 4.98 Å². The molecule has 0 saturated heterocycles. The molecule has 0 spiro atoms. The van der Waals surface area contributed by atoms with Crippen LogP contribution in [-0.4, -0.2) is 15.9 Å². The highest BCUT2D eigenvalue weighted by Crippen LogP contribution is 2.25. The van der Waals surface area contributed by atoms with Crippen molar-refractivity contribution in [3.05, 3.63) is 70.9 Å². The number of benzene rings is 2. The second-order valence-corrected chi connectivity index (χ2v) is 7.27. The SMILES string of the molecule is CC(=O)Nc1cccc(Nc2nc(NCc3cccs3)c3ccccc3n2)c1. The summed E-state index contributed by atoms with van der Waals surface area (Å²) in [5.74, 6) is 1.16. The average molecular weight is 389 g/mol. The van der Waals surface area contributed by atoms with Crippen LogP contribution in [0.1, 0.15) is 11.8 Å². The van der Waals surface area contributed by atoms with Crippen LogP contribution in [0.25, 0.3) is 10.9 Å². The van der Waals surface area contributed by atoms with Crippen molar-refractivity contribution in [2.75, 3.05) is 16.0 Å². The third-order valence-corrected chi connectivity index (χ3v) is 4.93. The highest BCUT2D eigenvalue weighted by Gasteiger charge is 2.08. The summed E-state index contributed by atoms with van der Waals surface area (Å²) in [6.07, 6.45) is 0. The Kier molecular flexibility index (Phi) is 5.16. The lowest BCUT2D eigenvalue weighted by Crippen LogP contribution is -2.07. The molecule has 4 rings (SSSR count). The Morgan fingerprint density at radius 3 is 2.68 bits per heavy atom. The zero-order valence-electron chi connectivity index (χ0n) is 15.3. The van der Waals surface area contributed by atoms with Gasteiger partial charge in [0.15, 0.2) is 0 Å². The Morgan fingerprint density at radius 1 is 1.00 bits per heavy atom. The van der Waals surface area contributed by atoms with Crippen LogP contribution in [-0.2, 0) is 11.3 Å². The summed E-state index contributed by atoms with van der Waals surface area (Å²) in [6, 6.07) is 19.5. The lowest BCUT2D eigenvalue weighted by atomic mass is 10.2. The van der Waals surface area contributed by atoms with Gasteiger partial charge >= 0.3 is 0 Å². The molecular formula is C21H19N5OS. The maximum atomic E-state index is 11.3. The third kappa shape index (κ3) is 4.27. The van der Waals surface area contributed by atoms with Crippen LogP contribution < -0.4 is 16.0 Å². The van der Waals surface area contributed by atoms with Gasteiger partial charge in [0.05, 0.1) is 12.1 Å². The van der Waals surface area contributed by atoms with E-state index in [2.05, 4.69) is 37.4 Å². The molecule has 4 aromatic rings. The molecule has 2 heterocycles. The molecule has 0 unspecified atom stereocenters. The van der Waals surface area contributed by atoms with Crippen molar-refractivity contribution in [1.82, 2.24) is 9.97 Å². The number of hydrogen-bond donors (Lipinski definition) is 3. The Morgan fingerprint density at radius 2 is 1.86 bits per heavy atom. The summed E-state index contributed by atoms with van der Waals surface area (Å²) in [5, 5.41) is 12.5. The van der Waals surface area contributed by atoms with Gasteiger partial charge in [0, 0.05) is 28.6 Å². The number of fused-ring (bicyclic) bond motifs is 1. The summed E-state index contributed by atoms with van der Waals surface area (Å²) < 4.78 is 0. The molecule has 7 heteroatoms. The first-order chi connectivity index (χ1) is 13.7. The van der Waals surface area contributed by atoms with Crippen LogP contribution in [0, 0.1) is 0 Å². The molecule has 140 valence electrons. The molecule has 2 aromatic carbocycles. The Bertz CT molecular complexity index is 1110. The van der Waals surface area contributed by atoms with E-state index >= 15 is 0 Å². The van der Waals surface area contributed by atoms with Crippen LogP contribution in [0.5, 0.6) is 0 Å². The number of nitrogens with one attached hydrogen (secondary N) is 3. The highest BCUT2D eigenvalue weighted by molar-refractivity contribution is 7.09. The Labute approximate surface area is 166 Å². The standard InChI is InChI=1S/C21H19N5OS/c1-14(27)23-15-6-4-7-16(12-15)24-21-25-19-10-3-2-9-18(19)20(26-21)22-13-17-8-5-11-28-17/h2-12H,13H2,1H3,(H,23,27)(H2,22,24,25,26). The van der Waals surface area contributed by atoms with E-state index in [1.165, 1.54) is 11.8 Å². The van der Waals surface area contributed by atoms with E-state index in [4.69, 9.17) is 0 Å². The topological polar surface area (TPSA) is 78.9 Å². The van der Waals surface area contributed by atoms with Gasteiger partial charge in [-0.1, -0.05) is 24.3 Å². The number of carbonyl (C=O) groups excluding carboxylic acids is 1. The number of carbonyl (C=O) groups is 1. The van der Waals surface area contributed by atoms with E-state index < -0.39 is 0 Å². The van der Waals surface area contributed by atoms with Crippen molar-refractivity contribution in [2.24, 2.45) is 0 Å². The van der Waals surface area contributed by atoms with E-state index in [-0.39, 0.29) is 5.91 Å².